The first-order chi connectivity index (χ1) is 10.6. The monoisotopic (exact) mass is 309 g/mol. The molecule has 6 heteroatoms. The van der Waals surface area contributed by atoms with E-state index in [1.165, 1.54) is 0 Å². The van der Waals surface area contributed by atoms with Crippen molar-refractivity contribution in [3.8, 4) is 0 Å². The quantitative estimate of drug-likeness (QED) is 0.802. The van der Waals surface area contributed by atoms with Crippen molar-refractivity contribution in [3.05, 3.63) is 0 Å². The molecule has 3 saturated heterocycles. The van der Waals surface area contributed by atoms with Crippen LogP contribution < -0.4 is 5.32 Å². The van der Waals surface area contributed by atoms with E-state index in [4.69, 9.17) is 4.74 Å². The lowest BCUT2D eigenvalue weighted by atomic mass is 9.99. The van der Waals surface area contributed by atoms with Crippen LogP contribution in [-0.4, -0.2) is 73.6 Å². The second kappa shape index (κ2) is 6.54. The topological polar surface area (TPSA) is 61.9 Å². The van der Waals surface area contributed by atoms with Crippen molar-refractivity contribution in [2.45, 2.75) is 38.3 Å². The standard InChI is InChI=1S/C16H27N3O3/c1-11(20)19-14(16(21)17-2)7-13-9-18(10-15(13)19)8-12-3-5-22-6-4-12/h12-15H,3-10H2,1-2H3,(H,17,21)/t13-,14-,15+/m1/s1. The number of nitrogens with zero attached hydrogens (tertiary/aromatic N) is 2. The van der Waals surface area contributed by atoms with Crippen LogP contribution in [0.15, 0.2) is 0 Å². The molecule has 124 valence electrons. The number of carbonyl (C=O) groups is 2. The average Bonchev–Trinajstić information content (AvgIpc) is 3.03. The molecule has 0 radical (unpaired) electrons. The summed E-state index contributed by atoms with van der Waals surface area (Å²) in [5.41, 5.74) is 0. The van der Waals surface area contributed by atoms with Gasteiger partial charge in [0.1, 0.15) is 6.04 Å². The number of carbonyl (C=O) groups excluding carboxylic acids is 2. The molecule has 0 spiro atoms. The minimum Gasteiger partial charge on any atom is -0.381 e. The van der Waals surface area contributed by atoms with E-state index in [2.05, 4.69) is 10.2 Å². The molecule has 0 aliphatic carbocycles. The van der Waals surface area contributed by atoms with Gasteiger partial charge in [-0.25, -0.2) is 0 Å². The summed E-state index contributed by atoms with van der Waals surface area (Å²) in [6.07, 6.45) is 3.08. The van der Waals surface area contributed by atoms with Crippen LogP contribution in [0.5, 0.6) is 0 Å². The number of amides is 2. The summed E-state index contributed by atoms with van der Waals surface area (Å²) in [6.45, 7) is 6.37. The summed E-state index contributed by atoms with van der Waals surface area (Å²) < 4.78 is 5.42. The fraction of sp³-hybridized carbons (Fsp3) is 0.875. The van der Waals surface area contributed by atoms with Crippen molar-refractivity contribution in [2.24, 2.45) is 11.8 Å². The largest absolute Gasteiger partial charge is 0.381 e. The first-order valence-corrected chi connectivity index (χ1v) is 8.40. The van der Waals surface area contributed by atoms with E-state index < -0.39 is 0 Å². The summed E-state index contributed by atoms with van der Waals surface area (Å²) in [6, 6.07) is -0.0672. The zero-order valence-electron chi connectivity index (χ0n) is 13.6. The highest BCUT2D eigenvalue weighted by Crippen LogP contribution is 2.36. The van der Waals surface area contributed by atoms with Crippen LogP contribution in [0.3, 0.4) is 0 Å². The minimum absolute atomic E-state index is 0.0222. The predicted molar refractivity (Wildman–Crippen MR) is 82.3 cm³/mol. The van der Waals surface area contributed by atoms with Crippen molar-refractivity contribution in [2.75, 3.05) is 39.9 Å². The number of likely N-dealkylation sites (tertiary alicyclic amines) is 2. The molecule has 0 bridgehead atoms. The Labute approximate surface area is 132 Å². The van der Waals surface area contributed by atoms with Crippen molar-refractivity contribution in [1.82, 2.24) is 15.1 Å². The number of hydrogen-bond donors (Lipinski definition) is 1. The lowest BCUT2D eigenvalue weighted by Crippen LogP contribution is -2.49. The van der Waals surface area contributed by atoms with Gasteiger partial charge in [-0.3, -0.25) is 9.59 Å². The Balaban J connectivity index is 1.62. The van der Waals surface area contributed by atoms with Crippen LogP contribution in [0, 0.1) is 11.8 Å². The molecular weight excluding hydrogens is 282 g/mol. The van der Waals surface area contributed by atoms with E-state index >= 15 is 0 Å². The van der Waals surface area contributed by atoms with Gasteiger partial charge in [0.15, 0.2) is 0 Å². The molecule has 22 heavy (non-hydrogen) atoms. The summed E-state index contributed by atoms with van der Waals surface area (Å²) in [4.78, 5) is 28.4. The fourth-order valence-corrected chi connectivity index (χ4v) is 4.42. The molecule has 6 nitrogen and oxygen atoms in total. The summed E-state index contributed by atoms with van der Waals surface area (Å²) >= 11 is 0. The lowest BCUT2D eigenvalue weighted by Gasteiger charge is -2.31. The first-order valence-electron chi connectivity index (χ1n) is 8.40. The summed E-state index contributed by atoms with van der Waals surface area (Å²) in [5, 5.41) is 2.70. The fourth-order valence-electron chi connectivity index (χ4n) is 4.42. The number of rotatable bonds is 3. The van der Waals surface area contributed by atoms with E-state index in [0.29, 0.717) is 11.8 Å². The third-order valence-corrected chi connectivity index (χ3v) is 5.47. The highest BCUT2D eigenvalue weighted by Gasteiger charge is 2.49. The number of hydrogen-bond acceptors (Lipinski definition) is 4. The first kappa shape index (κ1) is 15.7. The summed E-state index contributed by atoms with van der Waals surface area (Å²) in [7, 11) is 1.65. The van der Waals surface area contributed by atoms with Crippen molar-refractivity contribution < 1.29 is 14.3 Å². The van der Waals surface area contributed by atoms with E-state index in [1.807, 2.05) is 4.90 Å². The molecule has 0 unspecified atom stereocenters. The third kappa shape index (κ3) is 2.99. The third-order valence-electron chi connectivity index (χ3n) is 5.47. The van der Waals surface area contributed by atoms with E-state index in [1.54, 1.807) is 14.0 Å². The normalized spacial score (nSPS) is 33.0. The smallest absolute Gasteiger partial charge is 0.242 e. The van der Waals surface area contributed by atoms with Crippen LogP contribution in [0.1, 0.15) is 26.2 Å². The maximum absolute atomic E-state index is 12.0. The Morgan fingerprint density at radius 3 is 2.59 bits per heavy atom. The molecule has 3 aliphatic heterocycles. The number of likely N-dealkylation sites (N-methyl/N-ethyl adjacent to an activating group) is 1. The Morgan fingerprint density at radius 2 is 1.95 bits per heavy atom. The van der Waals surface area contributed by atoms with Crippen molar-refractivity contribution >= 4 is 11.8 Å². The molecule has 3 atom stereocenters. The van der Waals surface area contributed by atoms with Crippen LogP contribution in [0.2, 0.25) is 0 Å². The lowest BCUT2D eigenvalue weighted by molar-refractivity contribution is -0.138. The van der Waals surface area contributed by atoms with Crippen LogP contribution in [0.4, 0.5) is 0 Å². The molecule has 3 heterocycles. The van der Waals surface area contributed by atoms with Crippen LogP contribution in [0.25, 0.3) is 0 Å². The molecule has 0 aromatic rings. The molecule has 1 N–H and O–H groups in total. The Kier molecular flexibility index (Phi) is 4.68. The van der Waals surface area contributed by atoms with Gasteiger partial charge in [-0.15, -0.1) is 0 Å². The molecule has 0 aromatic heterocycles. The van der Waals surface area contributed by atoms with Gasteiger partial charge < -0.3 is 19.9 Å². The predicted octanol–water partition coefficient (Wildman–Crippen LogP) is 0.0802. The molecular formula is C16H27N3O3. The second-order valence-electron chi connectivity index (χ2n) is 6.89. The molecule has 0 saturated carbocycles. The van der Waals surface area contributed by atoms with Gasteiger partial charge in [0.2, 0.25) is 11.8 Å². The van der Waals surface area contributed by atoms with Gasteiger partial charge in [0, 0.05) is 52.9 Å². The van der Waals surface area contributed by atoms with Crippen molar-refractivity contribution in [1.29, 1.82) is 0 Å². The van der Waals surface area contributed by atoms with Gasteiger partial charge in [-0.05, 0) is 31.1 Å². The van der Waals surface area contributed by atoms with Gasteiger partial charge in [-0.1, -0.05) is 0 Å². The second-order valence-corrected chi connectivity index (χ2v) is 6.89. The molecule has 0 aromatic carbocycles. The minimum atomic E-state index is -0.275. The maximum Gasteiger partial charge on any atom is 0.242 e. The van der Waals surface area contributed by atoms with E-state index in [0.717, 1.165) is 52.1 Å². The summed E-state index contributed by atoms with van der Waals surface area (Å²) in [5.74, 6) is 1.15. The Hall–Kier alpha value is -1.14. The highest BCUT2D eigenvalue weighted by molar-refractivity contribution is 5.87. The van der Waals surface area contributed by atoms with E-state index in [-0.39, 0.29) is 23.9 Å². The number of nitrogens with one attached hydrogen (secondary N) is 1. The number of fused-ring (bicyclic) bond motifs is 1. The van der Waals surface area contributed by atoms with Gasteiger partial charge in [-0.2, -0.15) is 0 Å². The average molecular weight is 309 g/mol. The van der Waals surface area contributed by atoms with Gasteiger partial charge >= 0.3 is 0 Å². The molecule has 2 amide bonds. The molecule has 3 rings (SSSR count). The Bertz CT molecular complexity index is 436. The van der Waals surface area contributed by atoms with Gasteiger partial charge in [0.05, 0.1) is 0 Å². The maximum atomic E-state index is 12.0. The van der Waals surface area contributed by atoms with Crippen LogP contribution >= 0.6 is 0 Å². The molecule has 3 aliphatic rings. The zero-order valence-corrected chi connectivity index (χ0v) is 13.6. The van der Waals surface area contributed by atoms with Crippen LogP contribution in [-0.2, 0) is 14.3 Å². The SMILES string of the molecule is CNC(=O)[C@H]1C[C@@H]2CN(CC3CCOCC3)C[C@@H]2N1C(C)=O. The zero-order chi connectivity index (χ0) is 15.7. The number of ether oxygens (including phenoxy) is 1. The Morgan fingerprint density at radius 1 is 1.23 bits per heavy atom. The molecule has 3 fully saturated rings. The van der Waals surface area contributed by atoms with Crippen molar-refractivity contribution in [3.63, 3.8) is 0 Å². The highest BCUT2D eigenvalue weighted by atomic mass is 16.5. The van der Waals surface area contributed by atoms with Gasteiger partial charge in [0.25, 0.3) is 0 Å². The van der Waals surface area contributed by atoms with E-state index in [9.17, 15) is 9.59 Å².